The number of hydrogen-bond acceptors (Lipinski definition) is 1. The number of aryl methyl sites for hydroxylation is 3. The Morgan fingerprint density at radius 2 is 1.90 bits per heavy atom. The molecule has 0 aliphatic carbocycles. The van der Waals surface area contributed by atoms with E-state index in [0.29, 0.717) is 0 Å². The molecule has 0 saturated carbocycles. The van der Waals surface area contributed by atoms with Crippen LogP contribution >= 0.6 is 0 Å². The Bertz CT molecular complexity index is 703. The fourth-order valence-corrected chi connectivity index (χ4v) is 3.14. The molecule has 1 heterocycles. The molecule has 0 saturated heterocycles. The van der Waals surface area contributed by atoms with E-state index in [-0.39, 0.29) is 5.91 Å². The van der Waals surface area contributed by atoms with Crippen LogP contribution in [0.15, 0.2) is 36.4 Å². The van der Waals surface area contributed by atoms with Gasteiger partial charge in [-0.2, -0.15) is 0 Å². The molecule has 0 fully saturated rings. The van der Waals surface area contributed by atoms with Crippen LogP contribution in [0.2, 0.25) is 0 Å². The Kier molecular flexibility index (Phi) is 3.54. The molecule has 21 heavy (non-hydrogen) atoms. The molecular formula is C19H21NO. The molecule has 0 spiro atoms. The van der Waals surface area contributed by atoms with E-state index in [4.69, 9.17) is 0 Å². The molecule has 0 bridgehead atoms. The second-order valence-electron chi connectivity index (χ2n) is 5.78. The number of anilines is 1. The fourth-order valence-electron chi connectivity index (χ4n) is 3.14. The quantitative estimate of drug-likeness (QED) is 0.811. The zero-order valence-electron chi connectivity index (χ0n) is 12.9. The number of benzene rings is 2. The molecule has 2 aromatic carbocycles. The second kappa shape index (κ2) is 5.36. The zero-order chi connectivity index (χ0) is 15.0. The summed E-state index contributed by atoms with van der Waals surface area (Å²) in [7, 11) is 0. The second-order valence-corrected chi connectivity index (χ2v) is 5.78. The average Bonchev–Trinajstić information content (AvgIpc) is 2.88. The van der Waals surface area contributed by atoms with Gasteiger partial charge in [0, 0.05) is 17.8 Å². The van der Waals surface area contributed by atoms with Gasteiger partial charge >= 0.3 is 0 Å². The number of carbonyl (C=O) groups is 1. The third-order valence-electron chi connectivity index (χ3n) is 4.43. The molecule has 0 radical (unpaired) electrons. The third kappa shape index (κ3) is 2.35. The standard InChI is InChI=1S/C19H21NO/c1-4-15-12-16-9-10-20(18(16)11-14(15)3)19(21)17-8-6-5-7-13(17)2/h5-8,11-12H,4,9-10H2,1-3H3. The van der Waals surface area contributed by atoms with Gasteiger partial charge < -0.3 is 4.90 Å². The molecular weight excluding hydrogens is 258 g/mol. The lowest BCUT2D eigenvalue weighted by molar-refractivity contribution is 0.0989. The van der Waals surface area contributed by atoms with Crippen LogP contribution < -0.4 is 4.90 Å². The van der Waals surface area contributed by atoms with E-state index < -0.39 is 0 Å². The van der Waals surface area contributed by atoms with Crippen molar-refractivity contribution in [2.75, 3.05) is 11.4 Å². The molecule has 3 rings (SSSR count). The van der Waals surface area contributed by atoms with Crippen molar-refractivity contribution in [3.05, 3.63) is 64.2 Å². The van der Waals surface area contributed by atoms with Crippen LogP contribution in [0.5, 0.6) is 0 Å². The van der Waals surface area contributed by atoms with Crippen molar-refractivity contribution in [3.8, 4) is 0 Å². The van der Waals surface area contributed by atoms with Gasteiger partial charge in [-0.15, -0.1) is 0 Å². The Morgan fingerprint density at radius 3 is 2.62 bits per heavy atom. The molecule has 0 unspecified atom stereocenters. The smallest absolute Gasteiger partial charge is 0.258 e. The molecule has 1 aliphatic rings. The zero-order valence-corrected chi connectivity index (χ0v) is 12.9. The summed E-state index contributed by atoms with van der Waals surface area (Å²) >= 11 is 0. The number of amides is 1. The van der Waals surface area contributed by atoms with Crippen LogP contribution in [0.1, 0.15) is 39.5 Å². The summed E-state index contributed by atoms with van der Waals surface area (Å²) in [6, 6.07) is 12.3. The van der Waals surface area contributed by atoms with E-state index in [2.05, 4.69) is 26.0 Å². The van der Waals surface area contributed by atoms with Gasteiger partial charge in [-0.1, -0.05) is 31.2 Å². The minimum Gasteiger partial charge on any atom is -0.308 e. The minimum atomic E-state index is 0.121. The first-order valence-corrected chi connectivity index (χ1v) is 7.61. The van der Waals surface area contributed by atoms with E-state index in [1.54, 1.807) is 0 Å². The predicted octanol–water partition coefficient (Wildman–Crippen LogP) is 4.07. The van der Waals surface area contributed by atoms with Crippen LogP contribution in [0.4, 0.5) is 5.69 Å². The molecule has 1 amide bonds. The first kappa shape index (κ1) is 13.9. The lowest BCUT2D eigenvalue weighted by Gasteiger charge is -2.19. The highest BCUT2D eigenvalue weighted by Gasteiger charge is 2.26. The molecule has 1 aliphatic heterocycles. The monoisotopic (exact) mass is 279 g/mol. The molecule has 2 nitrogen and oxygen atoms in total. The number of rotatable bonds is 2. The maximum atomic E-state index is 12.8. The number of carbonyl (C=O) groups excluding carboxylic acids is 1. The highest BCUT2D eigenvalue weighted by molar-refractivity contribution is 6.08. The Morgan fingerprint density at radius 1 is 1.14 bits per heavy atom. The number of hydrogen-bond donors (Lipinski definition) is 0. The van der Waals surface area contributed by atoms with Gasteiger partial charge in [0.05, 0.1) is 0 Å². The summed E-state index contributed by atoms with van der Waals surface area (Å²) in [5, 5.41) is 0. The third-order valence-corrected chi connectivity index (χ3v) is 4.43. The predicted molar refractivity (Wildman–Crippen MR) is 87.1 cm³/mol. The van der Waals surface area contributed by atoms with Crippen molar-refractivity contribution in [1.82, 2.24) is 0 Å². The topological polar surface area (TPSA) is 20.3 Å². The van der Waals surface area contributed by atoms with Crippen molar-refractivity contribution in [1.29, 1.82) is 0 Å². The lowest BCUT2D eigenvalue weighted by atomic mass is 10.0. The highest BCUT2D eigenvalue weighted by atomic mass is 16.2. The fraction of sp³-hybridized carbons (Fsp3) is 0.316. The van der Waals surface area contributed by atoms with Gasteiger partial charge in [-0.05, 0) is 61.1 Å². The normalized spacial score (nSPS) is 13.4. The van der Waals surface area contributed by atoms with Crippen molar-refractivity contribution >= 4 is 11.6 Å². The van der Waals surface area contributed by atoms with Gasteiger partial charge in [-0.25, -0.2) is 0 Å². The Labute approximate surface area is 126 Å². The lowest BCUT2D eigenvalue weighted by Crippen LogP contribution is -2.29. The van der Waals surface area contributed by atoms with Crippen LogP contribution in [0.3, 0.4) is 0 Å². The summed E-state index contributed by atoms with van der Waals surface area (Å²) in [6.07, 6.45) is 2.01. The van der Waals surface area contributed by atoms with E-state index in [1.165, 1.54) is 16.7 Å². The largest absolute Gasteiger partial charge is 0.308 e. The maximum absolute atomic E-state index is 12.8. The first-order chi connectivity index (χ1) is 10.1. The summed E-state index contributed by atoms with van der Waals surface area (Å²) in [4.78, 5) is 14.8. The van der Waals surface area contributed by atoms with Crippen LogP contribution in [-0.2, 0) is 12.8 Å². The van der Waals surface area contributed by atoms with Crippen molar-refractivity contribution in [2.24, 2.45) is 0 Å². The van der Waals surface area contributed by atoms with Gasteiger partial charge in [0.1, 0.15) is 0 Å². The Balaban J connectivity index is 2.00. The van der Waals surface area contributed by atoms with Crippen LogP contribution in [-0.4, -0.2) is 12.5 Å². The SMILES string of the molecule is CCc1cc2c(cc1C)N(C(=O)c1ccccc1C)CC2. The van der Waals surface area contributed by atoms with E-state index in [0.717, 1.165) is 36.2 Å². The van der Waals surface area contributed by atoms with Crippen LogP contribution in [0.25, 0.3) is 0 Å². The first-order valence-electron chi connectivity index (χ1n) is 7.61. The summed E-state index contributed by atoms with van der Waals surface area (Å²) < 4.78 is 0. The maximum Gasteiger partial charge on any atom is 0.258 e. The number of fused-ring (bicyclic) bond motifs is 1. The summed E-state index contributed by atoms with van der Waals surface area (Å²) in [5.74, 6) is 0.121. The molecule has 108 valence electrons. The van der Waals surface area contributed by atoms with E-state index in [9.17, 15) is 4.79 Å². The highest BCUT2D eigenvalue weighted by Crippen LogP contribution is 2.32. The van der Waals surface area contributed by atoms with Gasteiger partial charge in [0.2, 0.25) is 0 Å². The molecule has 0 N–H and O–H groups in total. The number of nitrogens with zero attached hydrogens (tertiary/aromatic N) is 1. The van der Waals surface area contributed by atoms with Gasteiger partial charge in [0.25, 0.3) is 5.91 Å². The van der Waals surface area contributed by atoms with Crippen molar-refractivity contribution < 1.29 is 4.79 Å². The molecule has 0 aromatic heterocycles. The van der Waals surface area contributed by atoms with Crippen molar-refractivity contribution in [3.63, 3.8) is 0 Å². The van der Waals surface area contributed by atoms with Gasteiger partial charge in [-0.3, -0.25) is 4.79 Å². The van der Waals surface area contributed by atoms with E-state index >= 15 is 0 Å². The minimum absolute atomic E-state index is 0.121. The van der Waals surface area contributed by atoms with Crippen molar-refractivity contribution in [2.45, 2.75) is 33.6 Å². The summed E-state index contributed by atoms with van der Waals surface area (Å²) in [6.45, 7) is 7.10. The van der Waals surface area contributed by atoms with Gasteiger partial charge in [0.15, 0.2) is 0 Å². The average molecular weight is 279 g/mol. The summed E-state index contributed by atoms with van der Waals surface area (Å²) in [5.41, 5.74) is 6.91. The van der Waals surface area contributed by atoms with Crippen LogP contribution in [0, 0.1) is 13.8 Å². The molecule has 2 heteroatoms. The molecule has 2 aromatic rings. The van der Waals surface area contributed by atoms with E-state index in [1.807, 2.05) is 36.1 Å². The Hall–Kier alpha value is -2.09. The molecule has 0 atom stereocenters.